The van der Waals surface area contributed by atoms with Crippen molar-refractivity contribution in [2.24, 2.45) is 5.41 Å². The van der Waals surface area contributed by atoms with Crippen LogP contribution in [0.25, 0.3) is 0 Å². The van der Waals surface area contributed by atoms with Gasteiger partial charge in [-0.25, -0.2) is 0 Å². The summed E-state index contributed by atoms with van der Waals surface area (Å²) in [5.74, 6) is -1.82. The van der Waals surface area contributed by atoms with Gasteiger partial charge in [-0.15, -0.1) is 0 Å². The summed E-state index contributed by atoms with van der Waals surface area (Å²) in [7, 11) is 0. The van der Waals surface area contributed by atoms with Crippen molar-refractivity contribution >= 4 is 11.9 Å². The van der Waals surface area contributed by atoms with Crippen molar-refractivity contribution in [3.05, 3.63) is 0 Å². The summed E-state index contributed by atoms with van der Waals surface area (Å²) in [5.41, 5.74) is -2.36. The molecule has 2 N–H and O–H groups in total. The monoisotopic (exact) mass is 244 g/mol. The highest BCUT2D eigenvalue weighted by molar-refractivity contribution is 5.99. The Kier molecular flexibility index (Phi) is 4.14. The molecular formula is C12H20O5. The van der Waals surface area contributed by atoms with Gasteiger partial charge in [0.15, 0.2) is 5.41 Å². The Morgan fingerprint density at radius 2 is 1.88 bits per heavy atom. The van der Waals surface area contributed by atoms with E-state index in [1.807, 2.05) is 0 Å². The average Bonchev–Trinajstić information content (AvgIpc) is 2.38. The molecule has 0 amide bonds. The van der Waals surface area contributed by atoms with Crippen LogP contribution in [0.15, 0.2) is 0 Å². The van der Waals surface area contributed by atoms with E-state index in [4.69, 9.17) is 4.74 Å². The van der Waals surface area contributed by atoms with Crippen LogP contribution in [0.3, 0.4) is 0 Å². The molecule has 98 valence electrons. The Hall–Kier alpha value is -1.10. The number of ether oxygens (including phenoxy) is 1. The van der Waals surface area contributed by atoms with Gasteiger partial charge >= 0.3 is 11.9 Å². The van der Waals surface area contributed by atoms with Crippen LogP contribution in [0.1, 0.15) is 46.0 Å². The van der Waals surface area contributed by atoms with Gasteiger partial charge in [-0.3, -0.25) is 9.59 Å². The lowest BCUT2D eigenvalue weighted by molar-refractivity contribution is -0.170. The van der Waals surface area contributed by atoms with E-state index in [9.17, 15) is 19.8 Å². The van der Waals surface area contributed by atoms with E-state index in [0.29, 0.717) is 19.3 Å². The third-order valence-corrected chi connectivity index (χ3v) is 3.48. The molecule has 0 aromatic rings. The fraction of sp³-hybridized carbons (Fsp3) is 0.833. The number of hydrogen-bond donors (Lipinski definition) is 2. The second kappa shape index (κ2) is 5.04. The van der Waals surface area contributed by atoms with Gasteiger partial charge < -0.3 is 14.9 Å². The molecule has 5 nitrogen and oxygen atoms in total. The highest BCUT2D eigenvalue weighted by Crippen LogP contribution is 2.40. The van der Waals surface area contributed by atoms with Gasteiger partial charge in [-0.1, -0.05) is 0 Å². The molecule has 0 saturated heterocycles. The molecule has 0 aliphatic heterocycles. The molecule has 0 bridgehead atoms. The molecule has 2 atom stereocenters. The van der Waals surface area contributed by atoms with Crippen LogP contribution in [-0.2, 0) is 14.3 Å². The van der Waals surface area contributed by atoms with Gasteiger partial charge in [-0.2, -0.15) is 0 Å². The predicted octanol–water partition coefficient (Wildman–Crippen LogP) is 1.34. The third-order valence-electron chi connectivity index (χ3n) is 3.48. The van der Waals surface area contributed by atoms with Crippen molar-refractivity contribution in [3.63, 3.8) is 0 Å². The van der Waals surface area contributed by atoms with E-state index in [0.717, 1.165) is 0 Å². The number of aliphatic hydroxyl groups is 1. The summed E-state index contributed by atoms with van der Waals surface area (Å²) in [4.78, 5) is 23.2. The number of esters is 1. The molecule has 1 aliphatic carbocycles. The van der Waals surface area contributed by atoms with E-state index < -0.39 is 23.0 Å². The Bertz CT molecular complexity index is 310. The van der Waals surface area contributed by atoms with Crippen LogP contribution in [0.4, 0.5) is 0 Å². The van der Waals surface area contributed by atoms with E-state index in [1.165, 1.54) is 0 Å². The standard InChI is InChI=1S/C12H20O5/c1-3-17-10(15)12(9(13)14)6-4-5-11(2,16)7-8-12/h16H,3-8H2,1-2H3,(H,13,14). The normalized spacial score (nSPS) is 33.8. The van der Waals surface area contributed by atoms with E-state index in [1.54, 1.807) is 13.8 Å². The maximum Gasteiger partial charge on any atom is 0.323 e. The SMILES string of the molecule is CCOC(=O)C1(C(=O)O)CCCC(C)(O)CC1. The van der Waals surface area contributed by atoms with Crippen LogP contribution in [-0.4, -0.2) is 34.4 Å². The highest BCUT2D eigenvalue weighted by atomic mass is 16.5. The zero-order valence-corrected chi connectivity index (χ0v) is 10.4. The van der Waals surface area contributed by atoms with Crippen LogP contribution in [0, 0.1) is 5.41 Å². The van der Waals surface area contributed by atoms with Crippen molar-refractivity contribution in [2.45, 2.75) is 51.6 Å². The quantitative estimate of drug-likeness (QED) is 0.444. The predicted molar refractivity (Wildman–Crippen MR) is 60.4 cm³/mol. The number of carbonyl (C=O) groups excluding carboxylic acids is 1. The second-order valence-corrected chi connectivity index (χ2v) is 4.96. The molecule has 17 heavy (non-hydrogen) atoms. The lowest BCUT2D eigenvalue weighted by Crippen LogP contribution is -2.40. The maximum absolute atomic E-state index is 11.8. The highest BCUT2D eigenvalue weighted by Gasteiger charge is 2.49. The lowest BCUT2D eigenvalue weighted by Gasteiger charge is -2.26. The first kappa shape index (κ1) is 14.0. The first-order valence-electron chi connectivity index (χ1n) is 5.97. The molecule has 1 rings (SSSR count). The molecular weight excluding hydrogens is 224 g/mol. The van der Waals surface area contributed by atoms with Gasteiger partial charge in [0.25, 0.3) is 0 Å². The molecule has 2 unspecified atom stereocenters. The van der Waals surface area contributed by atoms with Crippen molar-refractivity contribution in [1.29, 1.82) is 0 Å². The number of carboxylic acids is 1. The zero-order valence-electron chi connectivity index (χ0n) is 10.4. The summed E-state index contributed by atoms with van der Waals surface area (Å²) in [5, 5.41) is 19.2. The topological polar surface area (TPSA) is 83.8 Å². The van der Waals surface area contributed by atoms with Crippen LogP contribution < -0.4 is 0 Å². The Labute approximate surface area is 101 Å². The summed E-state index contributed by atoms with van der Waals surface area (Å²) in [6.07, 6.45) is 1.70. The van der Waals surface area contributed by atoms with Crippen LogP contribution in [0.2, 0.25) is 0 Å². The minimum atomic E-state index is -1.48. The fourth-order valence-electron chi connectivity index (χ4n) is 2.28. The smallest absolute Gasteiger partial charge is 0.323 e. The summed E-state index contributed by atoms with van der Waals surface area (Å²) < 4.78 is 4.87. The fourth-order valence-corrected chi connectivity index (χ4v) is 2.28. The Balaban J connectivity index is 2.93. The molecule has 1 fully saturated rings. The van der Waals surface area contributed by atoms with Crippen molar-refractivity contribution in [3.8, 4) is 0 Å². The molecule has 1 aliphatic rings. The first-order valence-corrected chi connectivity index (χ1v) is 5.97. The number of aliphatic carboxylic acids is 1. The van der Waals surface area contributed by atoms with E-state index in [2.05, 4.69) is 0 Å². The van der Waals surface area contributed by atoms with Crippen molar-refractivity contribution in [1.82, 2.24) is 0 Å². The maximum atomic E-state index is 11.8. The number of carbonyl (C=O) groups is 2. The number of rotatable bonds is 3. The summed E-state index contributed by atoms with van der Waals surface area (Å²) >= 11 is 0. The first-order chi connectivity index (χ1) is 7.84. The van der Waals surface area contributed by atoms with Gasteiger partial charge in [0.1, 0.15) is 0 Å². The molecule has 0 heterocycles. The molecule has 0 spiro atoms. The zero-order chi connectivity index (χ0) is 13.1. The third kappa shape index (κ3) is 2.97. The Morgan fingerprint density at radius 3 is 2.41 bits per heavy atom. The molecule has 1 saturated carbocycles. The van der Waals surface area contributed by atoms with Gasteiger partial charge in [0.05, 0.1) is 12.2 Å². The Morgan fingerprint density at radius 1 is 1.24 bits per heavy atom. The molecule has 0 aromatic carbocycles. The van der Waals surface area contributed by atoms with Gasteiger partial charge in [0.2, 0.25) is 0 Å². The van der Waals surface area contributed by atoms with Gasteiger partial charge in [0, 0.05) is 0 Å². The van der Waals surface area contributed by atoms with E-state index >= 15 is 0 Å². The van der Waals surface area contributed by atoms with Crippen LogP contribution in [0.5, 0.6) is 0 Å². The van der Waals surface area contributed by atoms with Crippen LogP contribution >= 0.6 is 0 Å². The largest absolute Gasteiger partial charge is 0.480 e. The minimum Gasteiger partial charge on any atom is -0.480 e. The molecule has 0 radical (unpaired) electrons. The second-order valence-electron chi connectivity index (χ2n) is 4.96. The number of hydrogen-bond acceptors (Lipinski definition) is 4. The number of carboxylic acid groups (broad SMARTS) is 1. The minimum absolute atomic E-state index is 0.133. The molecule has 5 heteroatoms. The lowest BCUT2D eigenvalue weighted by atomic mass is 9.80. The van der Waals surface area contributed by atoms with E-state index in [-0.39, 0.29) is 19.4 Å². The molecule has 0 aromatic heterocycles. The van der Waals surface area contributed by atoms with Crippen molar-refractivity contribution in [2.75, 3.05) is 6.61 Å². The van der Waals surface area contributed by atoms with Gasteiger partial charge in [-0.05, 0) is 46.0 Å². The summed E-state index contributed by atoms with van der Waals surface area (Å²) in [6.45, 7) is 3.50. The summed E-state index contributed by atoms with van der Waals surface area (Å²) in [6, 6.07) is 0. The van der Waals surface area contributed by atoms with Crippen molar-refractivity contribution < 1.29 is 24.5 Å². The average molecular weight is 244 g/mol.